The maximum absolute atomic E-state index is 4.28. The van der Waals surface area contributed by atoms with E-state index in [1.807, 2.05) is 37.4 Å². The summed E-state index contributed by atoms with van der Waals surface area (Å²) in [5, 5.41) is 11.1. The highest BCUT2D eigenvalue weighted by Crippen LogP contribution is 2.26. The van der Waals surface area contributed by atoms with Crippen LogP contribution in [-0.4, -0.2) is 30.8 Å². The Bertz CT molecular complexity index is 644. The lowest BCUT2D eigenvalue weighted by Crippen LogP contribution is -2.00. The molecule has 2 heterocycles. The molecule has 0 saturated carbocycles. The molecule has 0 spiro atoms. The number of hydrogen-bond donors (Lipinski definition) is 1. The number of hydrogen-bond acceptors (Lipinski definition) is 6. The third-order valence-corrected chi connectivity index (χ3v) is 3.05. The van der Waals surface area contributed by atoms with Crippen LogP contribution in [0.25, 0.3) is 17.1 Å². The van der Waals surface area contributed by atoms with Crippen LogP contribution in [-0.2, 0) is 0 Å². The van der Waals surface area contributed by atoms with Gasteiger partial charge in [0.1, 0.15) is 11.4 Å². The minimum Gasteiger partial charge on any atom is -0.370 e. The first kappa shape index (κ1) is 10.8. The third kappa shape index (κ3) is 1.74. The standard InChI is InChI=1S/C11H10N6S/c1-12-11-10(14-18-15-11)9-7-13-16-17(9)8-5-3-2-4-6-8/h2-7H,1H3,(H,12,15). The van der Waals surface area contributed by atoms with Gasteiger partial charge in [-0.2, -0.15) is 8.75 Å². The van der Waals surface area contributed by atoms with Gasteiger partial charge in [-0.1, -0.05) is 23.4 Å². The molecule has 18 heavy (non-hydrogen) atoms. The molecule has 0 atom stereocenters. The lowest BCUT2D eigenvalue weighted by molar-refractivity contribution is 0.807. The molecule has 90 valence electrons. The molecule has 0 aliphatic heterocycles. The Hall–Kier alpha value is -2.28. The molecule has 0 aliphatic carbocycles. The Morgan fingerprint density at radius 3 is 2.78 bits per heavy atom. The van der Waals surface area contributed by atoms with Crippen molar-refractivity contribution in [3.8, 4) is 17.1 Å². The highest BCUT2D eigenvalue weighted by Gasteiger charge is 2.15. The van der Waals surface area contributed by atoms with Gasteiger partial charge in [0.15, 0.2) is 5.82 Å². The Morgan fingerprint density at radius 2 is 2.00 bits per heavy atom. The molecule has 6 nitrogen and oxygen atoms in total. The lowest BCUT2D eigenvalue weighted by Gasteiger charge is -2.04. The van der Waals surface area contributed by atoms with Crippen molar-refractivity contribution < 1.29 is 0 Å². The predicted molar refractivity (Wildman–Crippen MR) is 69.8 cm³/mol. The Morgan fingerprint density at radius 1 is 1.17 bits per heavy atom. The average molecular weight is 258 g/mol. The molecule has 0 radical (unpaired) electrons. The molecular weight excluding hydrogens is 248 g/mol. The van der Waals surface area contributed by atoms with E-state index in [0.29, 0.717) is 0 Å². The summed E-state index contributed by atoms with van der Waals surface area (Å²) < 4.78 is 10.2. The normalized spacial score (nSPS) is 10.5. The van der Waals surface area contributed by atoms with Crippen molar-refractivity contribution >= 4 is 17.5 Å². The summed E-state index contributed by atoms with van der Waals surface area (Å²) in [6.45, 7) is 0. The van der Waals surface area contributed by atoms with Gasteiger partial charge in [0, 0.05) is 7.05 Å². The van der Waals surface area contributed by atoms with Crippen LogP contribution in [0.15, 0.2) is 36.5 Å². The van der Waals surface area contributed by atoms with Crippen LogP contribution in [0.1, 0.15) is 0 Å². The summed E-state index contributed by atoms with van der Waals surface area (Å²) in [6, 6.07) is 9.82. The number of aromatic nitrogens is 5. The molecular formula is C11H10N6S. The molecule has 0 fully saturated rings. The van der Waals surface area contributed by atoms with Crippen LogP contribution in [0.4, 0.5) is 5.82 Å². The quantitative estimate of drug-likeness (QED) is 0.776. The Balaban J connectivity index is 2.13. The maximum Gasteiger partial charge on any atom is 0.169 e. The summed E-state index contributed by atoms with van der Waals surface area (Å²) in [5.41, 5.74) is 2.52. The second-order valence-electron chi connectivity index (χ2n) is 3.58. The van der Waals surface area contributed by atoms with Crippen LogP contribution < -0.4 is 5.32 Å². The van der Waals surface area contributed by atoms with Gasteiger partial charge in [-0.15, -0.1) is 5.10 Å². The van der Waals surface area contributed by atoms with Crippen molar-refractivity contribution in [2.24, 2.45) is 0 Å². The third-order valence-electron chi connectivity index (χ3n) is 2.52. The van der Waals surface area contributed by atoms with Crippen molar-refractivity contribution in [1.29, 1.82) is 0 Å². The Labute approximate surface area is 108 Å². The molecule has 3 rings (SSSR count). The van der Waals surface area contributed by atoms with Crippen molar-refractivity contribution in [3.63, 3.8) is 0 Å². The molecule has 1 N–H and O–H groups in total. The monoisotopic (exact) mass is 258 g/mol. The van der Waals surface area contributed by atoms with Crippen LogP contribution in [0, 0.1) is 0 Å². The average Bonchev–Trinajstić information content (AvgIpc) is 3.07. The highest BCUT2D eigenvalue weighted by molar-refractivity contribution is 6.99. The molecule has 3 aromatic rings. The minimum atomic E-state index is 0.736. The van der Waals surface area contributed by atoms with Crippen LogP contribution in [0.2, 0.25) is 0 Å². The van der Waals surface area contributed by atoms with E-state index < -0.39 is 0 Å². The van der Waals surface area contributed by atoms with Gasteiger partial charge < -0.3 is 5.32 Å². The summed E-state index contributed by atoms with van der Waals surface area (Å²) in [6.07, 6.45) is 1.69. The van der Waals surface area contributed by atoms with E-state index in [1.165, 1.54) is 0 Å². The molecule has 0 aliphatic rings. The number of anilines is 1. The summed E-state index contributed by atoms with van der Waals surface area (Å²) in [4.78, 5) is 0. The first-order valence-electron chi connectivity index (χ1n) is 5.37. The van der Waals surface area contributed by atoms with Crippen LogP contribution >= 0.6 is 11.7 Å². The topological polar surface area (TPSA) is 68.5 Å². The van der Waals surface area contributed by atoms with Crippen LogP contribution in [0.3, 0.4) is 0 Å². The summed E-state index contributed by atoms with van der Waals surface area (Å²) in [5.74, 6) is 0.736. The van der Waals surface area contributed by atoms with Gasteiger partial charge in [0.2, 0.25) is 0 Å². The zero-order valence-electron chi connectivity index (χ0n) is 9.61. The van der Waals surface area contributed by atoms with E-state index in [-0.39, 0.29) is 0 Å². The fraction of sp³-hybridized carbons (Fsp3) is 0.0909. The fourth-order valence-corrected chi connectivity index (χ4v) is 2.24. The smallest absolute Gasteiger partial charge is 0.169 e. The SMILES string of the molecule is CNc1nsnc1-c1cnnn1-c1ccccc1. The van der Waals surface area contributed by atoms with Gasteiger partial charge >= 0.3 is 0 Å². The van der Waals surface area contributed by atoms with Crippen molar-refractivity contribution in [3.05, 3.63) is 36.5 Å². The zero-order chi connectivity index (χ0) is 12.4. The predicted octanol–water partition coefficient (Wildman–Crippen LogP) is 1.83. The highest BCUT2D eigenvalue weighted by atomic mass is 32.1. The van der Waals surface area contributed by atoms with Crippen molar-refractivity contribution in [1.82, 2.24) is 23.7 Å². The summed E-state index contributed by atoms with van der Waals surface area (Å²) >= 11 is 1.16. The zero-order valence-corrected chi connectivity index (χ0v) is 10.4. The van der Waals surface area contributed by atoms with E-state index in [2.05, 4.69) is 24.4 Å². The molecule has 1 aromatic carbocycles. The number of nitrogens with one attached hydrogen (secondary N) is 1. The number of nitrogens with zero attached hydrogens (tertiary/aromatic N) is 5. The van der Waals surface area contributed by atoms with Crippen LogP contribution in [0.5, 0.6) is 0 Å². The van der Waals surface area contributed by atoms with E-state index in [4.69, 9.17) is 0 Å². The molecule has 7 heteroatoms. The minimum absolute atomic E-state index is 0.736. The second-order valence-corrected chi connectivity index (χ2v) is 4.11. The van der Waals surface area contributed by atoms with Gasteiger partial charge in [-0.05, 0) is 12.1 Å². The second kappa shape index (κ2) is 4.53. The fourth-order valence-electron chi connectivity index (χ4n) is 1.68. The van der Waals surface area contributed by atoms with E-state index in [9.17, 15) is 0 Å². The van der Waals surface area contributed by atoms with E-state index in [0.717, 1.165) is 34.6 Å². The van der Waals surface area contributed by atoms with Gasteiger partial charge in [0.05, 0.1) is 23.6 Å². The molecule has 2 aromatic heterocycles. The number of benzene rings is 1. The van der Waals surface area contributed by atoms with Crippen molar-refractivity contribution in [2.75, 3.05) is 12.4 Å². The molecule has 0 amide bonds. The number of rotatable bonds is 3. The summed E-state index contributed by atoms with van der Waals surface area (Å²) in [7, 11) is 1.82. The first-order valence-corrected chi connectivity index (χ1v) is 6.10. The van der Waals surface area contributed by atoms with Gasteiger partial charge in [-0.25, -0.2) is 4.68 Å². The molecule has 0 bridgehead atoms. The lowest BCUT2D eigenvalue weighted by atomic mass is 10.3. The maximum atomic E-state index is 4.28. The number of para-hydroxylation sites is 1. The van der Waals surface area contributed by atoms with Crippen molar-refractivity contribution in [2.45, 2.75) is 0 Å². The van der Waals surface area contributed by atoms with Gasteiger partial charge in [-0.3, -0.25) is 0 Å². The Kier molecular flexibility index (Phi) is 2.73. The first-order chi connectivity index (χ1) is 8.90. The van der Waals surface area contributed by atoms with E-state index in [1.54, 1.807) is 10.9 Å². The van der Waals surface area contributed by atoms with Gasteiger partial charge in [0.25, 0.3) is 0 Å². The molecule has 0 unspecified atom stereocenters. The largest absolute Gasteiger partial charge is 0.370 e. The molecule has 0 saturated heterocycles. The van der Waals surface area contributed by atoms with E-state index >= 15 is 0 Å².